The van der Waals surface area contributed by atoms with Crippen LogP contribution in [-0.4, -0.2) is 59.8 Å². The van der Waals surface area contributed by atoms with Crippen molar-refractivity contribution in [3.8, 4) is 0 Å². The van der Waals surface area contributed by atoms with Crippen molar-refractivity contribution < 1.29 is 5.11 Å². The summed E-state index contributed by atoms with van der Waals surface area (Å²) in [4.78, 5) is 5.19. The van der Waals surface area contributed by atoms with Gasteiger partial charge in [-0.05, 0) is 64.6 Å². The van der Waals surface area contributed by atoms with Gasteiger partial charge in [-0.2, -0.15) is 0 Å². The maximum atomic E-state index is 9.82. The van der Waals surface area contributed by atoms with Crippen LogP contribution in [-0.2, 0) is 0 Å². The van der Waals surface area contributed by atoms with Crippen LogP contribution < -0.4 is 0 Å². The third-order valence-corrected chi connectivity index (χ3v) is 5.17. The number of aliphatic hydroxyl groups excluding tert-OH is 1. The van der Waals surface area contributed by atoms with Gasteiger partial charge in [0, 0.05) is 18.6 Å². The fourth-order valence-corrected chi connectivity index (χ4v) is 4.09. The van der Waals surface area contributed by atoms with E-state index in [9.17, 15) is 5.11 Å². The van der Waals surface area contributed by atoms with Crippen molar-refractivity contribution in [3.05, 3.63) is 0 Å². The first-order chi connectivity index (χ1) is 8.22. The van der Waals surface area contributed by atoms with E-state index < -0.39 is 0 Å². The lowest BCUT2D eigenvalue weighted by Gasteiger charge is -2.40. The van der Waals surface area contributed by atoms with Crippen molar-refractivity contribution in [3.63, 3.8) is 0 Å². The largest absolute Gasteiger partial charge is 0.393 e. The number of likely N-dealkylation sites (tertiary alicyclic amines) is 1. The van der Waals surface area contributed by atoms with Gasteiger partial charge in [-0.25, -0.2) is 0 Å². The van der Waals surface area contributed by atoms with Crippen LogP contribution in [0.3, 0.4) is 0 Å². The first-order valence-corrected chi connectivity index (χ1v) is 7.34. The Kier molecular flexibility index (Phi) is 3.42. The highest BCUT2D eigenvalue weighted by molar-refractivity contribution is 4.96. The number of hydrogen-bond acceptors (Lipinski definition) is 3. The zero-order valence-electron chi connectivity index (χ0n) is 11.0. The number of piperidine rings is 2. The van der Waals surface area contributed by atoms with E-state index in [0.717, 1.165) is 18.8 Å². The Morgan fingerprint density at radius 2 is 1.59 bits per heavy atom. The molecule has 0 aromatic rings. The molecule has 3 heteroatoms. The molecule has 2 unspecified atom stereocenters. The number of rotatable bonds is 2. The maximum absolute atomic E-state index is 9.82. The molecule has 3 aliphatic heterocycles. The fraction of sp³-hybridized carbons (Fsp3) is 1.00. The van der Waals surface area contributed by atoms with Crippen LogP contribution in [0.25, 0.3) is 0 Å². The molecule has 17 heavy (non-hydrogen) atoms. The molecule has 3 saturated heterocycles. The molecule has 0 saturated carbocycles. The zero-order chi connectivity index (χ0) is 11.8. The highest BCUT2D eigenvalue weighted by atomic mass is 16.3. The van der Waals surface area contributed by atoms with Crippen LogP contribution in [0.5, 0.6) is 0 Å². The third kappa shape index (κ3) is 2.51. The number of aliphatic hydroxyl groups is 1. The average molecular weight is 238 g/mol. The monoisotopic (exact) mass is 238 g/mol. The van der Waals surface area contributed by atoms with Crippen molar-refractivity contribution in [2.24, 2.45) is 5.92 Å². The molecule has 3 aliphatic rings. The summed E-state index contributed by atoms with van der Waals surface area (Å²) < 4.78 is 0. The van der Waals surface area contributed by atoms with E-state index in [-0.39, 0.29) is 6.10 Å². The van der Waals surface area contributed by atoms with Gasteiger partial charge in [-0.1, -0.05) is 0 Å². The molecule has 3 heterocycles. The highest BCUT2D eigenvalue weighted by Gasteiger charge is 2.40. The summed E-state index contributed by atoms with van der Waals surface area (Å²) in [5, 5.41) is 9.82. The van der Waals surface area contributed by atoms with Gasteiger partial charge in [0.05, 0.1) is 6.10 Å². The molecule has 0 amide bonds. The van der Waals surface area contributed by atoms with Crippen LogP contribution in [0.1, 0.15) is 38.5 Å². The summed E-state index contributed by atoms with van der Waals surface area (Å²) in [5.74, 6) is 0.907. The Bertz CT molecular complexity index is 249. The predicted octanol–water partition coefficient (Wildman–Crippen LogP) is 1.32. The smallest absolute Gasteiger partial charge is 0.0570 e. The lowest BCUT2D eigenvalue weighted by molar-refractivity contribution is 0.0209. The zero-order valence-corrected chi connectivity index (χ0v) is 11.0. The summed E-state index contributed by atoms with van der Waals surface area (Å²) in [7, 11) is 2.23. The van der Waals surface area contributed by atoms with E-state index in [1.807, 2.05) is 0 Å². The Morgan fingerprint density at radius 1 is 1.00 bits per heavy atom. The van der Waals surface area contributed by atoms with Gasteiger partial charge >= 0.3 is 0 Å². The molecule has 0 aromatic heterocycles. The Balaban J connectivity index is 1.55. The van der Waals surface area contributed by atoms with E-state index >= 15 is 0 Å². The van der Waals surface area contributed by atoms with Gasteiger partial charge in [-0.15, -0.1) is 0 Å². The minimum atomic E-state index is -0.0127. The van der Waals surface area contributed by atoms with Crippen molar-refractivity contribution in [2.75, 3.05) is 26.7 Å². The molecule has 98 valence electrons. The fourth-order valence-electron chi connectivity index (χ4n) is 4.09. The van der Waals surface area contributed by atoms with Crippen LogP contribution in [0.15, 0.2) is 0 Å². The van der Waals surface area contributed by atoms with E-state index in [1.54, 1.807) is 0 Å². The van der Waals surface area contributed by atoms with Gasteiger partial charge < -0.3 is 10.0 Å². The summed E-state index contributed by atoms with van der Waals surface area (Å²) in [6.07, 6.45) is 7.44. The molecule has 1 N–H and O–H groups in total. The first-order valence-electron chi connectivity index (χ1n) is 7.34. The van der Waals surface area contributed by atoms with Crippen LogP contribution in [0.2, 0.25) is 0 Å². The molecule has 0 spiro atoms. The Labute approximate surface area is 105 Å². The predicted molar refractivity (Wildman–Crippen MR) is 69.0 cm³/mol. The maximum Gasteiger partial charge on any atom is 0.0570 e. The van der Waals surface area contributed by atoms with Crippen molar-refractivity contribution in [1.82, 2.24) is 9.80 Å². The molecule has 0 aromatic carbocycles. The number of hydrogen-bond donors (Lipinski definition) is 1. The second-order valence-corrected chi connectivity index (χ2v) is 6.45. The molecular formula is C14H26N2O. The molecular weight excluding hydrogens is 212 g/mol. The molecule has 0 aliphatic carbocycles. The normalized spacial score (nSPS) is 40.9. The lowest BCUT2D eigenvalue weighted by atomic mass is 9.93. The first kappa shape index (κ1) is 11.9. The third-order valence-electron chi connectivity index (χ3n) is 5.17. The summed E-state index contributed by atoms with van der Waals surface area (Å²) in [6, 6.07) is 1.40. The van der Waals surface area contributed by atoms with Gasteiger partial charge in [0.15, 0.2) is 0 Å². The summed E-state index contributed by atoms with van der Waals surface area (Å²) >= 11 is 0. The van der Waals surface area contributed by atoms with E-state index in [4.69, 9.17) is 0 Å². The second-order valence-electron chi connectivity index (χ2n) is 6.45. The Hall–Kier alpha value is -0.120. The van der Waals surface area contributed by atoms with Gasteiger partial charge in [0.25, 0.3) is 0 Å². The van der Waals surface area contributed by atoms with Crippen molar-refractivity contribution in [2.45, 2.75) is 56.7 Å². The lowest BCUT2D eigenvalue weighted by Crippen LogP contribution is -2.48. The highest BCUT2D eigenvalue weighted by Crippen LogP contribution is 2.37. The van der Waals surface area contributed by atoms with E-state index in [0.29, 0.717) is 12.1 Å². The van der Waals surface area contributed by atoms with Crippen molar-refractivity contribution in [1.29, 1.82) is 0 Å². The average Bonchev–Trinajstić information content (AvgIpc) is 2.56. The van der Waals surface area contributed by atoms with Crippen molar-refractivity contribution >= 4 is 0 Å². The van der Waals surface area contributed by atoms with E-state index in [2.05, 4.69) is 16.8 Å². The van der Waals surface area contributed by atoms with E-state index in [1.165, 1.54) is 45.3 Å². The summed E-state index contributed by atoms with van der Waals surface area (Å²) in [6.45, 7) is 3.85. The van der Waals surface area contributed by atoms with Crippen LogP contribution >= 0.6 is 0 Å². The molecule has 3 nitrogen and oxygen atoms in total. The minimum Gasteiger partial charge on any atom is -0.393 e. The molecule has 2 atom stereocenters. The standard InChI is InChI=1S/C14H26N2O/c1-15-6-4-11(5-7-15)10-16-12-2-3-13(16)9-14(17)8-12/h11-14,17H,2-10H2,1H3. The summed E-state index contributed by atoms with van der Waals surface area (Å²) in [5.41, 5.74) is 0. The Morgan fingerprint density at radius 3 is 2.18 bits per heavy atom. The molecule has 3 fully saturated rings. The SMILES string of the molecule is CN1CCC(CN2C3CCC2CC(O)C3)CC1. The van der Waals surface area contributed by atoms with Crippen LogP contribution in [0, 0.1) is 5.92 Å². The molecule has 3 rings (SSSR count). The van der Waals surface area contributed by atoms with Gasteiger partial charge in [0.2, 0.25) is 0 Å². The molecule has 0 radical (unpaired) electrons. The van der Waals surface area contributed by atoms with Gasteiger partial charge in [-0.3, -0.25) is 4.90 Å². The second kappa shape index (κ2) is 4.87. The quantitative estimate of drug-likeness (QED) is 0.786. The molecule has 2 bridgehead atoms. The minimum absolute atomic E-state index is 0.0127. The topological polar surface area (TPSA) is 26.7 Å². The number of nitrogens with zero attached hydrogens (tertiary/aromatic N) is 2. The van der Waals surface area contributed by atoms with Gasteiger partial charge in [0.1, 0.15) is 0 Å². The van der Waals surface area contributed by atoms with Crippen LogP contribution in [0.4, 0.5) is 0 Å². The number of fused-ring (bicyclic) bond motifs is 2.